The Bertz CT molecular complexity index is 703. The lowest BCUT2D eigenvalue weighted by molar-refractivity contribution is 0.181. The van der Waals surface area contributed by atoms with E-state index in [4.69, 9.17) is 23.2 Å². The molecule has 1 aromatic heterocycles. The summed E-state index contributed by atoms with van der Waals surface area (Å²) < 4.78 is 0. The number of hydrogen-bond acceptors (Lipinski definition) is 4. The molecule has 0 aliphatic heterocycles. The lowest BCUT2D eigenvalue weighted by atomic mass is 10.1. The van der Waals surface area contributed by atoms with E-state index >= 15 is 0 Å². The summed E-state index contributed by atoms with van der Waals surface area (Å²) in [5.74, 6) is 1.27. The minimum atomic E-state index is -0.763. The fourth-order valence-corrected chi connectivity index (χ4v) is 2.62. The van der Waals surface area contributed by atoms with Crippen LogP contribution < -0.4 is 10.6 Å². The molecule has 8 heteroatoms. The van der Waals surface area contributed by atoms with E-state index in [1.54, 1.807) is 31.4 Å². The van der Waals surface area contributed by atoms with Gasteiger partial charge in [0.15, 0.2) is 5.96 Å². The lowest BCUT2D eigenvalue weighted by Crippen LogP contribution is -2.39. The topological polar surface area (TPSA) is 82.4 Å². The number of nitrogens with one attached hydrogen (secondary N) is 2. The molecule has 1 aromatic carbocycles. The maximum atomic E-state index is 10.3. The molecule has 24 heavy (non-hydrogen) atoms. The molecule has 128 valence electrons. The van der Waals surface area contributed by atoms with Gasteiger partial charge in [0.2, 0.25) is 0 Å². The minimum Gasteiger partial charge on any atom is -0.387 e. The second-order valence-corrected chi connectivity index (χ2v) is 5.99. The average Bonchev–Trinajstić information content (AvgIpc) is 2.54. The van der Waals surface area contributed by atoms with Crippen LogP contribution in [-0.2, 0) is 6.54 Å². The van der Waals surface area contributed by atoms with Gasteiger partial charge in [-0.15, -0.1) is 0 Å². The Kier molecular flexibility index (Phi) is 6.78. The molecule has 2 aromatic rings. The molecule has 1 heterocycles. The first-order valence-electron chi connectivity index (χ1n) is 7.35. The van der Waals surface area contributed by atoms with Gasteiger partial charge >= 0.3 is 0 Å². The van der Waals surface area contributed by atoms with Gasteiger partial charge < -0.3 is 15.7 Å². The fourth-order valence-electron chi connectivity index (χ4n) is 2.08. The maximum Gasteiger partial charge on any atom is 0.191 e. The van der Waals surface area contributed by atoms with Crippen LogP contribution in [0.5, 0.6) is 0 Å². The summed E-state index contributed by atoms with van der Waals surface area (Å²) in [7, 11) is 1.66. The van der Waals surface area contributed by atoms with Gasteiger partial charge in [-0.3, -0.25) is 4.99 Å². The van der Waals surface area contributed by atoms with Crippen molar-refractivity contribution in [2.24, 2.45) is 4.99 Å². The van der Waals surface area contributed by atoms with Crippen LogP contribution in [0.1, 0.15) is 23.2 Å². The summed E-state index contributed by atoms with van der Waals surface area (Å²) in [6, 6.07) is 6.81. The predicted molar refractivity (Wildman–Crippen MR) is 96.4 cm³/mol. The number of aliphatic hydroxyl groups is 1. The van der Waals surface area contributed by atoms with Gasteiger partial charge in [0, 0.05) is 29.8 Å². The smallest absolute Gasteiger partial charge is 0.191 e. The quantitative estimate of drug-likeness (QED) is 0.558. The fraction of sp³-hybridized carbons (Fsp3) is 0.312. The minimum absolute atomic E-state index is 0.263. The lowest BCUT2D eigenvalue weighted by Gasteiger charge is -2.16. The number of aliphatic hydroxyl groups excluding tert-OH is 1. The Balaban J connectivity index is 1.89. The first-order chi connectivity index (χ1) is 11.5. The van der Waals surface area contributed by atoms with E-state index in [0.29, 0.717) is 33.9 Å². The third-order valence-corrected chi connectivity index (χ3v) is 3.66. The molecular formula is C16H19Cl2N5O. The van der Waals surface area contributed by atoms with Crippen LogP contribution in [0.2, 0.25) is 10.0 Å². The van der Waals surface area contributed by atoms with E-state index in [-0.39, 0.29) is 6.54 Å². The summed E-state index contributed by atoms with van der Waals surface area (Å²) in [5, 5.41) is 17.4. The molecule has 1 atom stereocenters. The number of aryl methyl sites for hydroxylation is 1. The number of benzene rings is 1. The monoisotopic (exact) mass is 367 g/mol. The van der Waals surface area contributed by atoms with Crippen LogP contribution in [0.25, 0.3) is 0 Å². The first-order valence-corrected chi connectivity index (χ1v) is 8.10. The van der Waals surface area contributed by atoms with Gasteiger partial charge in [-0.2, -0.15) is 0 Å². The number of aromatic nitrogens is 2. The van der Waals surface area contributed by atoms with Crippen LogP contribution in [0.3, 0.4) is 0 Å². The third kappa shape index (κ3) is 5.63. The Morgan fingerprint density at radius 2 is 1.96 bits per heavy atom. The van der Waals surface area contributed by atoms with Gasteiger partial charge in [-0.25, -0.2) is 9.97 Å². The zero-order valence-corrected chi connectivity index (χ0v) is 14.9. The van der Waals surface area contributed by atoms with E-state index in [2.05, 4.69) is 25.6 Å². The normalized spacial score (nSPS) is 12.8. The number of halogens is 2. The van der Waals surface area contributed by atoms with Crippen molar-refractivity contribution in [3.63, 3.8) is 0 Å². The Hall–Kier alpha value is -1.89. The highest BCUT2D eigenvalue weighted by molar-refractivity contribution is 6.34. The molecule has 6 nitrogen and oxygen atoms in total. The SMILES string of the molecule is CN=C(NCc1ccnc(C)n1)NCC(O)c1cc(Cl)cc(Cl)c1. The Morgan fingerprint density at radius 1 is 1.25 bits per heavy atom. The number of guanidine groups is 1. The molecular weight excluding hydrogens is 349 g/mol. The predicted octanol–water partition coefficient (Wildman–Crippen LogP) is 2.49. The molecule has 0 aliphatic rings. The average molecular weight is 368 g/mol. The zero-order chi connectivity index (χ0) is 17.5. The van der Waals surface area contributed by atoms with Gasteiger partial charge in [0.05, 0.1) is 18.3 Å². The van der Waals surface area contributed by atoms with Crippen LogP contribution in [-0.4, -0.2) is 34.6 Å². The molecule has 0 spiro atoms. The number of nitrogens with zero attached hydrogens (tertiary/aromatic N) is 3. The second kappa shape index (κ2) is 8.82. The molecule has 3 N–H and O–H groups in total. The van der Waals surface area contributed by atoms with Gasteiger partial charge in [-0.05, 0) is 36.8 Å². The molecule has 1 unspecified atom stereocenters. The highest BCUT2D eigenvalue weighted by atomic mass is 35.5. The van der Waals surface area contributed by atoms with Crippen molar-refractivity contribution in [3.05, 3.63) is 57.6 Å². The van der Waals surface area contributed by atoms with Crippen molar-refractivity contribution in [2.45, 2.75) is 19.6 Å². The van der Waals surface area contributed by atoms with Crippen molar-refractivity contribution < 1.29 is 5.11 Å². The van der Waals surface area contributed by atoms with Crippen molar-refractivity contribution >= 4 is 29.2 Å². The maximum absolute atomic E-state index is 10.3. The molecule has 0 bridgehead atoms. The Labute approximate surface area is 151 Å². The second-order valence-electron chi connectivity index (χ2n) is 5.12. The summed E-state index contributed by atoms with van der Waals surface area (Å²) in [5.41, 5.74) is 1.49. The van der Waals surface area contributed by atoms with Crippen LogP contribution in [0, 0.1) is 6.92 Å². The highest BCUT2D eigenvalue weighted by Crippen LogP contribution is 2.23. The Morgan fingerprint density at radius 3 is 2.58 bits per heavy atom. The third-order valence-electron chi connectivity index (χ3n) is 3.23. The van der Waals surface area contributed by atoms with E-state index < -0.39 is 6.10 Å². The van der Waals surface area contributed by atoms with Crippen molar-refractivity contribution in [1.82, 2.24) is 20.6 Å². The van der Waals surface area contributed by atoms with E-state index in [0.717, 1.165) is 5.69 Å². The first kappa shape index (κ1) is 18.4. The van der Waals surface area contributed by atoms with E-state index in [9.17, 15) is 5.11 Å². The molecule has 0 radical (unpaired) electrons. The number of aliphatic imine (C=N–C) groups is 1. The van der Waals surface area contributed by atoms with Gasteiger partial charge in [0.1, 0.15) is 5.82 Å². The molecule has 0 fully saturated rings. The molecule has 0 saturated heterocycles. The van der Waals surface area contributed by atoms with Crippen molar-refractivity contribution in [1.29, 1.82) is 0 Å². The standard InChI is InChI=1S/C16H19Cl2N5O/c1-10-20-4-3-14(23-10)8-21-16(19-2)22-9-15(24)11-5-12(17)7-13(18)6-11/h3-7,15,24H,8-9H2,1-2H3,(H2,19,21,22). The van der Waals surface area contributed by atoms with Crippen LogP contribution in [0.4, 0.5) is 0 Å². The van der Waals surface area contributed by atoms with Crippen molar-refractivity contribution in [3.8, 4) is 0 Å². The molecule has 0 aliphatic carbocycles. The molecule has 0 saturated carbocycles. The van der Waals surface area contributed by atoms with Crippen molar-refractivity contribution in [2.75, 3.05) is 13.6 Å². The van der Waals surface area contributed by atoms with E-state index in [1.165, 1.54) is 0 Å². The largest absolute Gasteiger partial charge is 0.387 e. The highest BCUT2D eigenvalue weighted by Gasteiger charge is 2.10. The van der Waals surface area contributed by atoms with Crippen LogP contribution >= 0.6 is 23.2 Å². The van der Waals surface area contributed by atoms with E-state index in [1.807, 2.05) is 13.0 Å². The summed E-state index contributed by atoms with van der Waals surface area (Å²) >= 11 is 11.9. The number of rotatable bonds is 5. The van der Waals surface area contributed by atoms with Crippen LogP contribution in [0.15, 0.2) is 35.5 Å². The summed E-state index contributed by atoms with van der Waals surface area (Å²) in [6.07, 6.45) is 0.948. The summed E-state index contributed by atoms with van der Waals surface area (Å²) in [4.78, 5) is 12.5. The summed E-state index contributed by atoms with van der Waals surface area (Å²) in [6.45, 7) is 2.60. The molecule has 0 amide bonds. The molecule has 2 rings (SSSR count). The number of hydrogen-bond donors (Lipinski definition) is 3. The zero-order valence-electron chi connectivity index (χ0n) is 13.4. The van der Waals surface area contributed by atoms with Gasteiger partial charge in [0.25, 0.3) is 0 Å². The van der Waals surface area contributed by atoms with Gasteiger partial charge in [-0.1, -0.05) is 23.2 Å².